The Hall–Kier alpha value is -1.20. The van der Waals surface area contributed by atoms with Gasteiger partial charge < -0.3 is 9.67 Å². The van der Waals surface area contributed by atoms with Gasteiger partial charge in [0.1, 0.15) is 0 Å². The molecule has 1 aromatic carbocycles. The first-order valence-corrected chi connectivity index (χ1v) is 7.63. The number of carboxylic acids is 1. The predicted octanol–water partition coefficient (Wildman–Crippen LogP) is 3.91. The van der Waals surface area contributed by atoms with Crippen molar-refractivity contribution in [2.75, 3.05) is 5.75 Å². The van der Waals surface area contributed by atoms with E-state index in [1.165, 1.54) is 11.8 Å². The second kappa shape index (κ2) is 5.66. The standard InChI is InChI=1S/C14H17ClN2O2S/c1-14(2,3)8-17-11-6-9(15)4-5-10(11)16-13(17)20-7-12(18)19/h4-6H,7-8H2,1-3H3,(H,18,19). The van der Waals surface area contributed by atoms with Gasteiger partial charge in [-0.15, -0.1) is 0 Å². The van der Waals surface area contributed by atoms with Gasteiger partial charge in [0.15, 0.2) is 5.16 Å². The third-order valence-corrected chi connectivity index (χ3v) is 3.83. The molecule has 20 heavy (non-hydrogen) atoms. The molecule has 0 aliphatic rings. The fourth-order valence-corrected chi connectivity index (χ4v) is 2.84. The number of carboxylic acid groups (broad SMARTS) is 1. The number of aliphatic carboxylic acids is 1. The quantitative estimate of drug-likeness (QED) is 0.870. The molecule has 6 heteroatoms. The zero-order valence-electron chi connectivity index (χ0n) is 11.7. The van der Waals surface area contributed by atoms with Crippen LogP contribution in [0.2, 0.25) is 5.02 Å². The van der Waals surface area contributed by atoms with E-state index in [9.17, 15) is 4.79 Å². The highest BCUT2D eigenvalue weighted by Crippen LogP contribution is 2.29. The normalized spacial score (nSPS) is 12.0. The lowest BCUT2D eigenvalue weighted by Gasteiger charge is -2.21. The van der Waals surface area contributed by atoms with Crippen molar-refractivity contribution in [1.29, 1.82) is 0 Å². The van der Waals surface area contributed by atoms with Crippen LogP contribution in [0.25, 0.3) is 11.0 Å². The number of benzene rings is 1. The molecule has 2 rings (SSSR count). The molecule has 1 aromatic heterocycles. The molecule has 0 saturated heterocycles. The Bertz CT molecular complexity index is 646. The Balaban J connectivity index is 2.48. The van der Waals surface area contributed by atoms with Gasteiger partial charge >= 0.3 is 5.97 Å². The third-order valence-electron chi connectivity index (χ3n) is 2.63. The van der Waals surface area contributed by atoms with Gasteiger partial charge in [0.2, 0.25) is 0 Å². The Morgan fingerprint density at radius 1 is 1.45 bits per heavy atom. The second-order valence-corrected chi connectivity index (χ2v) is 7.24. The number of fused-ring (bicyclic) bond motifs is 1. The van der Waals surface area contributed by atoms with Gasteiger partial charge in [-0.1, -0.05) is 44.1 Å². The van der Waals surface area contributed by atoms with E-state index in [1.54, 1.807) is 6.07 Å². The van der Waals surface area contributed by atoms with Crippen molar-refractivity contribution in [3.8, 4) is 0 Å². The molecule has 0 amide bonds. The molecule has 0 fully saturated rings. The van der Waals surface area contributed by atoms with Crippen LogP contribution in [0.3, 0.4) is 0 Å². The van der Waals surface area contributed by atoms with Gasteiger partial charge in [0, 0.05) is 11.6 Å². The van der Waals surface area contributed by atoms with E-state index in [4.69, 9.17) is 16.7 Å². The SMILES string of the molecule is CC(C)(C)Cn1c(SCC(=O)O)nc2ccc(Cl)cc21. The van der Waals surface area contributed by atoms with Crippen molar-refractivity contribution in [2.24, 2.45) is 5.41 Å². The topological polar surface area (TPSA) is 55.1 Å². The maximum Gasteiger partial charge on any atom is 0.313 e. The lowest BCUT2D eigenvalue weighted by atomic mass is 9.97. The van der Waals surface area contributed by atoms with Gasteiger partial charge in [0.05, 0.1) is 16.8 Å². The maximum atomic E-state index is 10.8. The molecule has 0 radical (unpaired) electrons. The summed E-state index contributed by atoms with van der Waals surface area (Å²) in [4.78, 5) is 15.3. The van der Waals surface area contributed by atoms with Gasteiger partial charge in [0.25, 0.3) is 0 Å². The zero-order valence-corrected chi connectivity index (χ0v) is 13.3. The number of rotatable bonds is 4. The molecule has 108 valence electrons. The Kier molecular flexibility index (Phi) is 4.30. The molecule has 0 unspecified atom stereocenters. The van der Waals surface area contributed by atoms with Gasteiger partial charge in [-0.05, 0) is 23.6 Å². The number of carbonyl (C=O) groups is 1. The van der Waals surface area contributed by atoms with Crippen LogP contribution in [-0.4, -0.2) is 26.4 Å². The monoisotopic (exact) mass is 312 g/mol. The Labute approximate surface area is 127 Å². The molecular weight excluding hydrogens is 296 g/mol. The van der Waals surface area contributed by atoms with E-state index < -0.39 is 5.97 Å². The summed E-state index contributed by atoms with van der Waals surface area (Å²) in [6, 6.07) is 5.53. The minimum atomic E-state index is -0.845. The van der Waals surface area contributed by atoms with E-state index in [0.29, 0.717) is 5.02 Å². The molecule has 1 N–H and O–H groups in total. The number of halogens is 1. The van der Waals surface area contributed by atoms with E-state index in [2.05, 4.69) is 30.3 Å². The maximum absolute atomic E-state index is 10.8. The van der Waals surface area contributed by atoms with Crippen LogP contribution in [0.4, 0.5) is 0 Å². The number of thioether (sulfide) groups is 1. The number of hydrogen-bond donors (Lipinski definition) is 1. The van der Waals surface area contributed by atoms with Crippen molar-refractivity contribution >= 4 is 40.4 Å². The fraction of sp³-hybridized carbons (Fsp3) is 0.429. The van der Waals surface area contributed by atoms with Crippen LogP contribution >= 0.6 is 23.4 Å². The summed E-state index contributed by atoms with van der Waals surface area (Å²) in [6.45, 7) is 7.16. The molecule has 0 bridgehead atoms. The fourth-order valence-electron chi connectivity index (χ4n) is 1.94. The van der Waals surface area contributed by atoms with Crippen molar-refractivity contribution < 1.29 is 9.90 Å². The first kappa shape index (κ1) is 15.2. The minimum absolute atomic E-state index is 0.00119. The number of imidazole rings is 1. The van der Waals surface area contributed by atoms with Gasteiger partial charge in [-0.25, -0.2) is 4.98 Å². The summed E-state index contributed by atoms with van der Waals surface area (Å²) in [6.07, 6.45) is 0. The molecule has 1 heterocycles. The lowest BCUT2D eigenvalue weighted by molar-refractivity contribution is -0.133. The molecule has 0 spiro atoms. The van der Waals surface area contributed by atoms with Crippen LogP contribution in [-0.2, 0) is 11.3 Å². The van der Waals surface area contributed by atoms with Crippen LogP contribution in [0.5, 0.6) is 0 Å². The molecule has 4 nitrogen and oxygen atoms in total. The largest absolute Gasteiger partial charge is 0.481 e. The van der Waals surface area contributed by atoms with E-state index in [1.807, 2.05) is 12.1 Å². The highest BCUT2D eigenvalue weighted by atomic mass is 35.5. The zero-order chi connectivity index (χ0) is 14.9. The average molecular weight is 313 g/mol. The number of nitrogens with zero attached hydrogens (tertiary/aromatic N) is 2. The highest BCUT2D eigenvalue weighted by molar-refractivity contribution is 7.99. The van der Waals surface area contributed by atoms with Crippen LogP contribution in [0, 0.1) is 5.41 Å². The molecule has 2 aromatic rings. The summed E-state index contributed by atoms with van der Waals surface area (Å²) in [5.41, 5.74) is 1.85. The molecular formula is C14H17ClN2O2S. The third kappa shape index (κ3) is 3.67. The average Bonchev–Trinajstić information content (AvgIpc) is 2.63. The van der Waals surface area contributed by atoms with Crippen LogP contribution in [0.15, 0.2) is 23.4 Å². The Morgan fingerprint density at radius 3 is 2.75 bits per heavy atom. The highest BCUT2D eigenvalue weighted by Gasteiger charge is 2.18. The summed E-state index contributed by atoms with van der Waals surface area (Å²) in [5, 5.41) is 10.2. The van der Waals surface area contributed by atoms with Crippen LogP contribution in [0.1, 0.15) is 20.8 Å². The van der Waals surface area contributed by atoms with E-state index >= 15 is 0 Å². The van der Waals surface area contributed by atoms with E-state index in [-0.39, 0.29) is 11.2 Å². The first-order valence-electron chi connectivity index (χ1n) is 6.27. The minimum Gasteiger partial charge on any atom is -0.481 e. The molecule has 0 aliphatic heterocycles. The molecule has 0 aliphatic carbocycles. The van der Waals surface area contributed by atoms with Crippen molar-refractivity contribution in [2.45, 2.75) is 32.5 Å². The van der Waals surface area contributed by atoms with Crippen LogP contribution < -0.4 is 0 Å². The summed E-state index contributed by atoms with van der Waals surface area (Å²) >= 11 is 7.29. The lowest BCUT2D eigenvalue weighted by Crippen LogP contribution is -2.16. The predicted molar refractivity (Wildman–Crippen MR) is 82.6 cm³/mol. The first-order chi connectivity index (χ1) is 9.26. The molecule has 0 atom stereocenters. The summed E-state index contributed by atoms with van der Waals surface area (Å²) in [7, 11) is 0. The van der Waals surface area contributed by atoms with Crippen molar-refractivity contribution in [3.63, 3.8) is 0 Å². The van der Waals surface area contributed by atoms with Gasteiger partial charge in [-0.3, -0.25) is 4.79 Å². The summed E-state index contributed by atoms with van der Waals surface area (Å²) in [5.74, 6) is -0.844. The van der Waals surface area contributed by atoms with Crippen molar-refractivity contribution in [3.05, 3.63) is 23.2 Å². The van der Waals surface area contributed by atoms with E-state index in [0.717, 1.165) is 22.7 Å². The van der Waals surface area contributed by atoms with Gasteiger partial charge in [-0.2, -0.15) is 0 Å². The Morgan fingerprint density at radius 2 is 2.15 bits per heavy atom. The number of aromatic nitrogens is 2. The summed E-state index contributed by atoms with van der Waals surface area (Å²) < 4.78 is 2.05. The smallest absolute Gasteiger partial charge is 0.313 e. The number of hydrogen-bond acceptors (Lipinski definition) is 3. The molecule has 0 saturated carbocycles. The van der Waals surface area contributed by atoms with Crippen molar-refractivity contribution in [1.82, 2.24) is 9.55 Å². The second-order valence-electron chi connectivity index (χ2n) is 5.86.